The Bertz CT molecular complexity index is 452. The molecule has 0 spiro atoms. The van der Waals surface area contributed by atoms with Crippen LogP contribution in [0.4, 0.5) is 0 Å². The van der Waals surface area contributed by atoms with Crippen LogP contribution in [0.25, 0.3) is 0 Å². The highest BCUT2D eigenvalue weighted by Gasteiger charge is 1.99. The topological polar surface area (TPSA) is 38.5 Å². The smallest absolute Gasteiger partial charge is 0.190 e. The maximum Gasteiger partial charge on any atom is 0.476 e. The molecule has 0 heterocycles. The molecule has 0 unspecified atom stereocenters. The monoisotopic (exact) mass is 631 g/mol. The third kappa shape index (κ3) is 46.2. The average molecular weight is 631 g/mol. The van der Waals surface area contributed by atoms with Crippen LogP contribution in [0, 0.1) is 4.91 Å². The molecule has 260 valence electrons. The van der Waals surface area contributed by atoms with Gasteiger partial charge in [0.15, 0.2) is 14.2 Å². The molecular weight excluding hydrogens is 549 g/mol. The van der Waals surface area contributed by atoms with Crippen LogP contribution in [-0.2, 0) is 9.68 Å². The Morgan fingerprint density at radius 3 is 0.698 bits per heavy atom. The molecule has 4 nitrogen and oxygen atoms in total. The number of hydrogen-bond acceptors (Lipinski definition) is 3. The van der Waals surface area contributed by atoms with Crippen LogP contribution in [0.3, 0.4) is 0 Å². The quantitative estimate of drug-likeness (QED) is 0.0393. The zero-order chi connectivity index (χ0) is 31.7. The van der Waals surface area contributed by atoms with E-state index in [9.17, 15) is 4.91 Å². The van der Waals surface area contributed by atoms with Gasteiger partial charge in [0.25, 0.3) is 0 Å². The van der Waals surface area contributed by atoms with Gasteiger partial charge in [-0.05, 0) is 25.2 Å². The highest BCUT2D eigenvalue weighted by Crippen LogP contribution is 2.19. The molecule has 0 fully saturated rings. The summed E-state index contributed by atoms with van der Waals surface area (Å²) in [6.07, 6.45) is 50.5. The van der Waals surface area contributed by atoms with Gasteiger partial charge in [-0.25, -0.2) is 0 Å². The van der Waals surface area contributed by atoms with Gasteiger partial charge < -0.3 is 0 Å². The molecule has 0 aromatic rings. The summed E-state index contributed by atoms with van der Waals surface area (Å²) in [7, 11) is 3.69. The lowest BCUT2D eigenvalue weighted by Crippen LogP contribution is -2.02. The van der Waals surface area contributed by atoms with Crippen LogP contribution >= 0.6 is 8.58 Å². The molecule has 0 aromatic heterocycles. The van der Waals surface area contributed by atoms with Crippen LogP contribution in [0.1, 0.15) is 219 Å². The molecule has 0 saturated carbocycles. The molecule has 5 heteroatoms. The van der Waals surface area contributed by atoms with Crippen molar-refractivity contribution in [1.82, 2.24) is 0 Å². The standard InChI is InChI=1S/C36H75P.C2H6NO3/c1-3-5-7-9-11-13-15-17-19-21-23-25-27-29-31-33-35-37-36-34-32-30-28-26-24-22-20-18-16-14-12-10-8-6-4-2;1-5-3(4)6-2/h37H,3-36H2,1-2H3;1-2H3/q;+1. The first-order valence-electron chi connectivity index (χ1n) is 19.5. The summed E-state index contributed by atoms with van der Waals surface area (Å²) in [4.78, 5) is 17.6. The number of hydrogen-bond donors (Lipinski definition) is 0. The lowest BCUT2D eigenvalue weighted by molar-refractivity contribution is -0.972. The summed E-state index contributed by atoms with van der Waals surface area (Å²) in [6, 6.07) is 0. The second-order valence-electron chi connectivity index (χ2n) is 12.9. The predicted octanol–water partition coefficient (Wildman–Crippen LogP) is 14.1. The zero-order valence-electron chi connectivity index (χ0n) is 30.2. The largest absolute Gasteiger partial charge is 0.476 e. The second-order valence-corrected chi connectivity index (χ2v) is 14.4. The van der Waals surface area contributed by atoms with Crippen LogP contribution < -0.4 is 0 Å². The van der Waals surface area contributed by atoms with Crippen molar-refractivity contribution in [3.8, 4) is 0 Å². The van der Waals surface area contributed by atoms with Gasteiger partial charge in [0.1, 0.15) is 4.91 Å². The van der Waals surface area contributed by atoms with E-state index in [4.69, 9.17) is 0 Å². The Hall–Kier alpha value is -0.370. The Morgan fingerprint density at radius 1 is 0.349 bits per heavy atom. The van der Waals surface area contributed by atoms with Gasteiger partial charge in [0, 0.05) is 0 Å². The molecule has 0 aliphatic rings. The summed E-state index contributed by atoms with van der Waals surface area (Å²) >= 11 is 0. The van der Waals surface area contributed by atoms with Gasteiger partial charge in [-0.3, -0.25) is 0 Å². The Balaban J connectivity index is 0. The third-order valence-electron chi connectivity index (χ3n) is 8.71. The number of nitrogens with zero attached hydrogens (tertiary/aromatic N) is 1. The Morgan fingerprint density at radius 2 is 0.535 bits per heavy atom. The van der Waals surface area contributed by atoms with E-state index in [0.717, 1.165) is 0 Å². The van der Waals surface area contributed by atoms with Gasteiger partial charge in [-0.1, -0.05) is 206 Å². The zero-order valence-corrected chi connectivity index (χ0v) is 31.2. The third-order valence-corrected chi connectivity index (χ3v) is 10.1. The van der Waals surface area contributed by atoms with E-state index >= 15 is 0 Å². The summed E-state index contributed by atoms with van der Waals surface area (Å²) in [5.41, 5.74) is 0. The molecule has 0 rings (SSSR count). The van der Waals surface area contributed by atoms with E-state index in [-0.39, 0.29) is 5.09 Å². The van der Waals surface area contributed by atoms with Gasteiger partial charge in [0.2, 0.25) is 0 Å². The summed E-state index contributed by atoms with van der Waals surface area (Å²) < 4.78 is 0. The minimum Gasteiger partial charge on any atom is -0.190 e. The average Bonchev–Trinajstić information content (AvgIpc) is 3.03. The van der Waals surface area contributed by atoms with Crippen LogP contribution in [0.2, 0.25) is 0 Å². The lowest BCUT2D eigenvalue weighted by atomic mass is 10.0. The number of rotatable bonds is 36. The van der Waals surface area contributed by atoms with Crippen molar-refractivity contribution in [2.75, 3.05) is 26.5 Å². The molecule has 0 saturated heterocycles. The Kier molecular flexibility index (Phi) is 45.5. The SMILES string of the molecule is CCCCCCCCCCCCCCCCCCPCCCCCCCCCCCCCCCCCC.CO[N+](=O)OC. The molecule has 43 heavy (non-hydrogen) atoms. The number of unbranched alkanes of at least 4 members (excludes halogenated alkanes) is 30. The van der Waals surface area contributed by atoms with Gasteiger partial charge in [-0.15, -0.1) is 8.58 Å². The van der Waals surface area contributed by atoms with E-state index in [1.165, 1.54) is 241 Å². The molecule has 0 amide bonds. The summed E-state index contributed by atoms with van der Waals surface area (Å²) in [5.74, 6) is 0. The first kappa shape index (κ1) is 44.8. The fourth-order valence-electron chi connectivity index (χ4n) is 5.80. The van der Waals surface area contributed by atoms with Crippen LogP contribution in [-0.4, -0.2) is 31.6 Å². The molecule has 0 radical (unpaired) electrons. The van der Waals surface area contributed by atoms with Crippen molar-refractivity contribution in [3.63, 3.8) is 0 Å². The van der Waals surface area contributed by atoms with Crippen molar-refractivity contribution in [3.05, 3.63) is 4.91 Å². The van der Waals surface area contributed by atoms with Crippen molar-refractivity contribution in [1.29, 1.82) is 0 Å². The first-order valence-corrected chi connectivity index (χ1v) is 20.9. The highest BCUT2D eigenvalue weighted by molar-refractivity contribution is 7.37. The van der Waals surface area contributed by atoms with Crippen molar-refractivity contribution in [2.45, 2.75) is 219 Å². The van der Waals surface area contributed by atoms with E-state index in [1.807, 2.05) is 0 Å². The lowest BCUT2D eigenvalue weighted by Gasteiger charge is -2.05. The second kappa shape index (κ2) is 43.8. The minimum atomic E-state index is 0. The van der Waals surface area contributed by atoms with Gasteiger partial charge in [0.05, 0.1) is 0 Å². The highest BCUT2D eigenvalue weighted by atomic mass is 31.1. The molecule has 0 aliphatic heterocycles. The maximum absolute atomic E-state index is 9.65. The van der Waals surface area contributed by atoms with E-state index in [0.29, 0.717) is 0 Å². The predicted molar refractivity (Wildman–Crippen MR) is 195 cm³/mol. The van der Waals surface area contributed by atoms with Crippen molar-refractivity contribution >= 4 is 8.58 Å². The minimum absolute atomic E-state index is 0. The summed E-state index contributed by atoms with van der Waals surface area (Å²) in [5, 5.41) is 0. The van der Waals surface area contributed by atoms with Gasteiger partial charge >= 0.3 is 5.09 Å². The first-order chi connectivity index (χ1) is 21.2. The maximum atomic E-state index is 9.65. The Labute approximate surface area is 273 Å². The van der Waals surface area contributed by atoms with E-state index < -0.39 is 0 Å². The van der Waals surface area contributed by atoms with Crippen molar-refractivity contribution in [2.24, 2.45) is 0 Å². The molecule has 0 bridgehead atoms. The normalized spacial score (nSPS) is 10.9. The fourth-order valence-corrected chi connectivity index (χ4v) is 7.05. The van der Waals surface area contributed by atoms with E-state index in [2.05, 4.69) is 23.5 Å². The molecule has 0 atom stereocenters. The van der Waals surface area contributed by atoms with Gasteiger partial charge in [-0.2, -0.15) is 9.68 Å². The summed E-state index contributed by atoms with van der Waals surface area (Å²) in [6.45, 7) is 4.62. The molecule has 0 N–H and O–H groups in total. The van der Waals surface area contributed by atoms with Crippen molar-refractivity contribution < 1.29 is 14.8 Å². The molecular formula is C38H81NO3P+. The molecule has 0 aliphatic carbocycles. The molecule has 0 aromatic carbocycles. The van der Waals surface area contributed by atoms with E-state index in [1.54, 1.807) is 0 Å². The van der Waals surface area contributed by atoms with Crippen LogP contribution in [0.5, 0.6) is 0 Å². The van der Waals surface area contributed by atoms with Crippen LogP contribution in [0.15, 0.2) is 0 Å². The fraction of sp³-hybridized carbons (Fsp3) is 1.00.